The lowest BCUT2D eigenvalue weighted by atomic mass is 9.88. The Bertz CT molecular complexity index is 349. The molecule has 0 aliphatic carbocycles. The van der Waals surface area contributed by atoms with Crippen molar-refractivity contribution in [2.45, 2.75) is 66.0 Å². The van der Waals surface area contributed by atoms with Gasteiger partial charge in [0.15, 0.2) is 0 Å². The zero-order valence-corrected chi connectivity index (χ0v) is 14.5. The largest absolute Gasteiger partial charge is 0.481 e. The first kappa shape index (κ1) is 19.9. The molecule has 0 aromatic carbocycles. The number of likely N-dealkylation sites (N-methyl/N-ethyl adjacent to an activating group) is 1. The quantitative estimate of drug-likeness (QED) is 0.748. The van der Waals surface area contributed by atoms with Gasteiger partial charge in [-0.3, -0.25) is 9.59 Å². The molecule has 0 bridgehead atoms. The number of nitrogens with zero attached hydrogens (tertiary/aromatic N) is 1. The standard InChI is InChI=1S/C16H31NO4/c1-8-11(2)15(12(21-7)9-14(19)20)17(6)13(18)10-16(3,4)5/h11-12,15H,8-10H2,1-7H3,(H,19,20). The molecule has 124 valence electrons. The lowest BCUT2D eigenvalue weighted by Crippen LogP contribution is -2.50. The second kappa shape index (κ2) is 8.37. The minimum atomic E-state index is -0.910. The Labute approximate surface area is 128 Å². The second-order valence-electron chi connectivity index (χ2n) is 6.99. The van der Waals surface area contributed by atoms with Crippen molar-refractivity contribution in [3.8, 4) is 0 Å². The average Bonchev–Trinajstić information content (AvgIpc) is 2.34. The van der Waals surface area contributed by atoms with Crippen molar-refractivity contribution >= 4 is 11.9 Å². The van der Waals surface area contributed by atoms with Gasteiger partial charge in [-0.15, -0.1) is 0 Å². The maximum atomic E-state index is 12.4. The Morgan fingerprint density at radius 2 is 1.81 bits per heavy atom. The maximum absolute atomic E-state index is 12.4. The SMILES string of the molecule is CCC(C)C(C(CC(=O)O)OC)N(C)C(=O)CC(C)(C)C. The van der Waals surface area contributed by atoms with Crippen LogP contribution in [0.5, 0.6) is 0 Å². The fourth-order valence-corrected chi connectivity index (χ4v) is 2.50. The Hall–Kier alpha value is -1.10. The normalized spacial score (nSPS) is 16.1. The molecule has 3 atom stereocenters. The number of carbonyl (C=O) groups excluding carboxylic acids is 1. The summed E-state index contributed by atoms with van der Waals surface area (Å²) < 4.78 is 5.37. The first-order valence-corrected chi connectivity index (χ1v) is 7.53. The number of amides is 1. The minimum Gasteiger partial charge on any atom is -0.481 e. The van der Waals surface area contributed by atoms with E-state index in [0.29, 0.717) is 6.42 Å². The molecule has 0 aliphatic heterocycles. The van der Waals surface area contributed by atoms with Gasteiger partial charge >= 0.3 is 5.97 Å². The molecule has 0 fully saturated rings. The highest BCUT2D eigenvalue weighted by molar-refractivity contribution is 5.77. The highest BCUT2D eigenvalue weighted by atomic mass is 16.5. The maximum Gasteiger partial charge on any atom is 0.306 e. The predicted molar refractivity (Wildman–Crippen MR) is 83.1 cm³/mol. The predicted octanol–water partition coefficient (Wildman–Crippen LogP) is 2.79. The van der Waals surface area contributed by atoms with E-state index in [1.807, 2.05) is 34.6 Å². The topological polar surface area (TPSA) is 66.8 Å². The van der Waals surface area contributed by atoms with Gasteiger partial charge in [0.05, 0.1) is 18.6 Å². The summed E-state index contributed by atoms with van der Waals surface area (Å²) >= 11 is 0. The molecule has 0 rings (SSSR count). The molecule has 5 heteroatoms. The van der Waals surface area contributed by atoms with Gasteiger partial charge in [0.25, 0.3) is 0 Å². The highest BCUT2D eigenvalue weighted by Crippen LogP contribution is 2.25. The molecule has 0 aromatic rings. The number of carboxylic acid groups (broad SMARTS) is 1. The Kier molecular flexibility index (Phi) is 7.93. The molecule has 3 unspecified atom stereocenters. The number of carbonyl (C=O) groups is 2. The van der Waals surface area contributed by atoms with E-state index in [-0.39, 0.29) is 29.7 Å². The first-order chi connectivity index (χ1) is 9.53. The molecule has 0 spiro atoms. The van der Waals surface area contributed by atoms with Crippen LogP contribution in [0.15, 0.2) is 0 Å². The number of carboxylic acids is 1. The molecule has 0 saturated heterocycles. The molecule has 0 aromatic heterocycles. The van der Waals surface area contributed by atoms with Gasteiger partial charge in [0, 0.05) is 20.6 Å². The summed E-state index contributed by atoms with van der Waals surface area (Å²) in [5.74, 6) is -0.713. The van der Waals surface area contributed by atoms with Crippen molar-refractivity contribution in [2.75, 3.05) is 14.2 Å². The number of aliphatic carboxylic acids is 1. The molecular weight excluding hydrogens is 270 g/mol. The zero-order chi connectivity index (χ0) is 16.8. The molecule has 5 nitrogen and oxygen atoms in total. The summed E-state index contributed by atoms with van der Waals surface area (Å²) in [4.78, 5) is 25.1. The third-order valence-corrected chi connectivity index (χ3v) is 3.81. The lowest BCUT2D eigenvalue weighted by molar-refractivity contribution is -0.146. The summed E-state index contributed by atoms with van der Waals surface area (Å²) in [7, 11) is 3.25. The molecular formula is C16H31NO4. The van der Waals surface area contributed by atoms with Crippen molar-refractivity contribution in [1.82, 2.24) is 4.90 Å². The fourth-order valence-electron chi connectivity index (χ4n) is 2.50. The van der Waals surface area contributed by atoms with Crippen LogP contribution in [0.25, 0.3) is 0 Å². The summed E-state index contributed by atoms with van der Waals surface area (Å²) in [6, 6.07) is -0.231. The second-order valence-corrected chi connectivity index (χ2v) is 6.99. The number of rotatable bonds is 8. The monoisotopic (exact) mass is 301 g/mol. The summed E-state index contributed by atoms with van der Waals surface area (Å²) in [5, 5.41) is 9.04. The van der Waals surface area contributed by atoms with Crippen LogP contribution in [0.4, 0.5) is 0 Å². The van der Waals surface area contributed by atoms with Gasteiger partial charge in [-0.2, -0.15) is 0 Å². The molecule has 0 saturated carbocycles. The van der Waals surface area contributed by atoms with Gasteiger partial charge in [-0.25, -0.2) is 0 Å². The molecule has 1 N–H and O–H groups in total. The molecule has 1 amide bonds. The first-order valence-electron chi connectivity index (χ1n) is 7.53. The van der Waals surface area contributed by atoms with Crippen molar-refractivity contribution in [3.63, 3.8) is 0 Å². The van der Waals surface area contributed by atoms with Crippen LogP contribution in [-0.2, 0) is 14.3 Å². The third-order valence-electron chi connectivity index (χ3n) is 3.81. The number of hydrogen-bond donors (Lipinski definition) is 1. The van der Waals surface area contributed by atoms with E-state index in [9.17, 15) is 9.59 Å². The van der Waals surface area contributed by atoms with Crippen molar-refractivity contribution in [1.29, 1.82) is 0 Å². The van der Waals surface area contributed by atoms with Crippen LogP contribution in [0.1, 0.15) is 53.9 Å². The summed E-state index contributed by atoms with van der Waals surface area (Å²) in [6.45, 7) is 10.1. The van der Waals surface area contributed by atoms with E-state index in [2.05, 4.69) is 0 Å². The van der Waals surface area contributed by atoms with E-state index >= 15 is 0 Å². The van der Waals surface area contributed by atoms with Crippen LogP contribution in [-0.4, -0.2) is 48.2 Å². The van der Waals surface area contributed by atoms with Gasteiger partial charge in [0.2, 0.25) is 5.91 Å². The van der Waals surface area contributed by atoms with E-state index < -0.39 is 12.1 Å². The van der Waals surface area contributed by atoms with Crippen LogP contribution < -0.4 is 0 Å². The molecule has 0 radical (unpaired) electrons. The third kappa shape index (κ3) is 6.93. The Morgan fingerprint density at radius 1 is 1.29 bits per heavy atom. The highest BCUT2D eigenvalue weighted by Gasteiger charge is 2.34. The average molecular weight is 301 g/mol. The van der Waals surface area contributed by atoms with Crippen LogP contribution in [0.3, 0.4) is 0 Å². The number of ether oxygens (including phenoxy) is 1. The van der Waals surface area contributed by atoms with E-state index in [0.717, 1.165) is 6.42 Å². The summed E-state index contributed by atoms with van der Waals surface area (Å²) in [6.07, 6.45) is 0.696. The number of methoxy groups -OCH3 is 1. The Morgan fingerprint density at radius 3 is 2.14 bits per heavy atom. The van der Waals surface area contributed by atoms with E-state index in [4.69, 9.17) is 9.84 Å². The van der Waals surface area contributed by atoms with Gasteiger partial charge < -0.3 is 14.7 Å². The van der Waals surface area contributed by atoms with E-state index in [1.165, 1.54) is 7.11 Å². The van der Waals surface area contributed by atoms with Gasteiger partial charge in [-0.05, 0) is 11.3 Å². The molecule has 21 heavy (non-hydrogen) atoms. The Balaban J connectivity index is 5.20. The van der Waals surface area contributed by atoms with Crippen LogP contribution >= 0.6 is 0 Å². The van der Waals surface area contributed by atoms with Gasteiger partial charge in [-0.1, -0.05) is 41.0 Å². The molecule has 0 aliphatic rings. The van der Waals surface area contributed by atoms with Gasteiger partial charge in [0.1, 0.15) is 0 Å². The minimum absolute atomic E-state index is 0.0280. The van der Waals surface area contributed by atoms with Crippen LogP contribution in [0.2, 0.25) is 0 Å². The van der Waals surface area contributed by atoms with Crippen LogP contribution in [0, 0.1) is 11.3 Å². The van der Waals surface area contributed by atoms with E-state index in [1.54, 1.807) is 11.9 Å². The lowest BCUT2D eigenvalue weighted by Gasteiger charge is -2.38. The van der Waals surface area contributed by atoms with Crippen molar-refractivity contribution < 1.29 is 19.4 Å². The van der Waals surface area contributed by atoms with Crippen molar-refractivity contribution in [3.05, 3.63) is 0 Å². The van der Waals surface area contributed by atoms with Crippen molar-refractivity contribution in [2.24, 2.45) is 11.3 Å². The number of hydrogen-bond acceptors (Lipinski definition) is 3. The summed E-state index contributed by atoms with van der Waals surface area (Å²) in [5.41, 5.74) is -0.0965. The molecule has 0 heterocycles. The smallest absolute Gasteiger partial charge is 0.306 e. The zero-order valence-electron chi connectivity index (χ0n) is 14.5. The fraction of sp³-hybridized carbons (Fsp3) is 0.875.